The van der Waals surface area contributed by atoms with E-state index in [1.165, 1.54) is 36.6 Å². The predicted molar refractivity (Wildman–Crippen MR) is 105 cm³/mol. The number of nitrogen functional groups attached to an aromatic ring is 1. The average Bonchev–Trinajstić information content (AvgIpc) is 3.18. The molecule has 0 fully saturated rings. The topological polar surface area (TPSA) is 99.4 Å². The highest BCUT2D eigenvalue weighted by molar-refractivity contribution is 7.09. The molecule has 0 aliphatic rings. The number of hydroxylamine groups is 1. The van der Waals surface area contributed by atoms with Gasteiger partial charge in [0.2, 0.25) is 0 Å². The molecule has 1 amide bonds. The zero-order valence-electron chi connectivity index (χ0n) is 14.3. The number of benzene rings is 1. The Balaban J connectivity index is 1.89. The Bertz CT molecular complexity index is 1020. The number of anilines is 1. The van der Waals surface area contributed by atoms with Crippen molar-refractivity contribution in [3.63, 3.8) is 0 Å². The summed E-state index contributed by atoms with van der Waals surface area (Å²) in [5.74, 6) is -1.62. The van der Waals surface area contributed by atoms with Crippen LogP contribution in [-0.4, -0.2) is 23.0 Å². The number of thiazole rings is 1. The van der Waals surface area contributed by atoms with Gasteiger partial charge in [0.25, 0.3) is 5.91 Å². The van der Waals surface area contributed by atoms with Crippen LogP contribution in [0.2, 0.25) is 10.0 Å². The number of ether oxygens (including phenoxy) is 1. The maximum absolute atomic E-state index is 14.7. The highest BCUT2D eigenvalue weighted by Crippen LogP contribution is 2.36. The summed E-state index contributed by atoms with van der Waals surface area (Å²) in [6, 6.07) is 4.20. The number of pyridine rings is 1. The number of nitrogens with zero attached hydrogens (tertiary/aromatic N) is 2. The molecule has 0 saturated carbocycles. The van der Waals surface area contributed by atoms with Crippen LogP contribution in [0.15, 0.2) is 29.9 Å². The standard InChI is InChI=1S/C17H13Cl2FN4O3S/c1-26-16-10(18)3-2-9(14(16)20)12-4-11(21)13(19)15(23-12)17(25)24-27-6-8-5-22-7-28-8/h2-5,7H,6H2,1H3,(H2,21,23)(H,24,25). The monoisotopic (exact) mass is 442 g/mol. The summed E-state index contributed by atoms with van der Waals surface area (Å²) in [6.45, 7) is 0.117. The number of carbonyl (C=O) groups is 1. The molecular weight excluding hydrogens is 430 g/mol. The molecule has 3 N–H and O–H groups in total. The molecule has 146 valence electrons. The number of carbonyl (C=O) groups excluding carboxylic acids is 1. The summed E-state index contributed by atoms with van der Waals surface area (Å²) in [4.78, 5) is 26.4. The fraction of sp³-hybridized carbons (Fsp3) is 0.118. The molecular formula is C17H13Cl2FN4O3S. The van der Waals surface area contributed by atoms with E-state index in [0.717, 1.165) is 4.88 Å². The van der Waals surface area contributed by atoms with Crippen LogP contribution in [0.1, 0.15) is 15.4 Å². The van der Waals surface area contributed by atoms with Crippen molar-refractivity contribution in [1.82, 2.24) is 15.4 Å². The molecule has 0 saturated heterocycles. The first-order valence-electron chi connectivity index (χ1n) is 7.70. The van der Waals surface area contributed by atoms with Gasteiger partial charge in [-0.2, -0.15) is 0 Å². The average molecular weight is 443 g/mol. The molecule has 0 radical (unpaired) electrons. The number of nitrogens with two attached hydrogens (primary N) is 1. The fourth-order valence-electron chi connectivity index (χ4n) is 2.29. The zero-order valence-corrected chi connectivity index (χ0v) is 16.7. The van der Waals surface area contributed by atoms with E-state index in [1.807, 2.05) is 0 Å². The van der Waals surface area contributed by atoms with Crippen LogP contribution in [0, 0.1) is 5.82 Å². The molecule has 0 bridgehead atoms. The third-order valence-corrected chi connectivity index (χ3v) is 5.04. The van der Waals surface area contributed by atoms with Crippen molar-refractivity contribution in [2.45, 2.75) is 6.61 Å². The van der Waals surface area contributed by atoms with Gasteiger partial charge in [0, 0.05) is 11.8 Å². The molecule has 2 aromatic heterocycles. The van der Waals surface area contributed by atoms with Gasteiger partial charge in [-0.15, -0.1) is 11.3 Å². The number of aromatic nitrogens is 2. The van der Waals surface area contributed by atoms with Crippen LogP contribution in [0.25, 0.3) is 11.3 Å². The van der Waals surface area contributed by atoms with Crippen molar-refractivity contribution in [3.8, 4) is 17.0 Å². The van der Waals surface area contributed by atoms with Crippen LogP contribution < -0.4 is 16.0 Å². The first-order chi connectivity index (χ1) is 13.4. The van der Waals surface area contributed by atoms with Gasteiger partial charge in [0.05, 0.1) is 38.9 Å². The molecule has 0 aliphatic carbocycles. The van der Waals surface area contributed by atoms with Gasteiger partial charge in [0.15, 0.2) is 17.3 Å². The molecule has 2 heterocycles. The minimum absolute atomic E-state index is 0.0456. The largest absolute Gasteiger partial charge is 0.492 e. The third kappa shape index (κ3) is 4.17. The van der Waals surface area contributed by atoms with E-state index in [9.17, 15) is 9.18 Å². The molecule has 0 atom stereocenters. The van der Waals surface area contributed by atoms with E-state index < -0.39 is 11.7 Å². The summed E-state index contributed by atoms with van der Waals surface area (Å²) in [6.07, 6.45) is 1.61. The van der Waals surface area contributed by atoms with Gasteiger partial charge in [-0.05, 0) is 18.2 Å². The van der Waals surface area contributed by atoms with E-state index in [-0.39, 0.29) is 45.0 Å². The van der Waals surface area contributed by atoms with Gasteiger partial charge >= 0.3 is 0 Å². The first-order valence-corrected chi connectivity index (χ1v) is 9.33. The first kappa shape index (κ1) is 20.3. The minimum Gasteiger partial charge on any atom is -0.492 e. The Morgan fingerprint density at radius 3 is 2.86 bits per heavy atom. The summed E-state index contributed by atoms with van der Waals surface area (Å²) in [7, 11) is 1.29. The lowest BCUT2D eigenvalue weighted by atomic mass is 10.1. The molecule has 0 aliphatic heterocycles. The fourth-order valence-corrected chi connectivity index (χ4v) is 3.20. The highest BCUT2D eigenvalue weighted by atomic mass is 35.5. The van der Waals surface area contributed by atoms with Gasteiger partial charge in [-0.3, -0.25) is 14.6 Å². The van der Waals surface area contributed by atoms with Crippen LogP contribution in [0.5, 0.6) is 5.75 Å². The molecule has 28 heavy (non-hydrogen) atoms. The molecule has 3 aromatic rings. The van der Waals surface area contributed by atoms with Gasteiger partial charge in [0.1, 0.15) is 6.61 Å². The summed E-state index contributed by atoms with van der Waals surface area (Å²) >= 11 is 13.4. The number of amides is 1. The molecule has 0 spiro atoms. The zero-order chi connectivity index (χ0) is 20.3. The van der Waals surface area contributed by atoms with E-state index in [4.69, 9.17) is 38.5 Å². The van der Waals surface area contributed by atoms with E-state index >= 15 is 0 Å². The molecule has 0 unspecified atom stereocenters. The highest BCUT2D eigenvalue weighted by Gasteiger charge is 2.21. The van der Waals surface area contributed by atoms with Gasteiger partial charge < -0.3 is 10.5 Å². The Labute approximate surface area is 173 Å². The summed E-state index contributed by atoms with van der Waals surface area (Å²) in [5.41, 5.74) is 9.70. The number of nitrogens with one attached hydrogen (secondary N) is 1. The summed E-state index contributed by atoms with van der Waals surface area (Å²) in [5, 5.41) is 0.0177. The molecule has 3 rings (SSSR count). The second kappa shape index (κ2) is 8.70. The second-order valence-electron chi connectivity index (χ2n) is 5.39. The van der Waals surface area contributed by atoms with Crippen LogP contribution in [0.3, 0.4) is 0 Å². The van der Waals surface area contributed by atoms with Crippen molar-refractivity contribution < 1.29 is 18.8 Å². The SMILES string of the molecule is COc1c(Cl)ccc(-c2cc(N)c(Cl)c(C(=O)NOCc3cncs3)n2)c1F. The van der Waals surface area contributed by atoms with Crippen LogP contribution in [0.4, 0.5) is 10.1 Å². The van der Waals surface area contributed by atoms with Crippen molar-refractivity contribution in [2.75, 3.05) is 12.8 Å². The van der Waals surface area contributed by atoms with Crippen molar-refractivity contribution in [1.29, 1.82) is 0 Å². The second-order valence-corrected chi connectivity index (χ2v) is 7.15. The lowest BCUT2D eigenvalue weighted by molar-refractivity contribution is 0.0238. The van der Waals surface area contributed by atoms with Crippen molar-refractivity contribution >= 4 is 46.1 Å². The Kier molecular flexibility index (Phi) is 6.30. The normalized spacial score (nSPS) is 10.7. The number of hydrogen-bond donors (Lipinski definition) is 2. The maximum Gasteiger partial charge on any atom is 0.295 e. The third-order valence-electron chi connectivity index (χ3n) is 3.59. The quantitative estimate of drug-likeness (QED) is 0.557. The molecule has 7 nitrogen and oxygen atoms in total. The van der Waals surface area contributed by atoms with Gasteiger partial charge in [-0.1, -0.05) is 23.2 Å². The number of rotatable bonds is 6. The molecule has 11 heteroatoms. The Morgan fingerprint density at radius 1 is 1.39 bits per heavy atom. The van der Waals surface area contributed by atoms with Crippen LogP contribution >= 0.6 is 34.5 Å². The number of methoxy groups -OCH3 is 1. The lowest BCUT2D eigenvalue weighted by Crippen LogP contribution is -2.25. The number of hydrogen-bond acceptors (Lipinski definition) is 7. The van der Waals surface area contributed by atoms with Crippen molar-refractivity contribution in [3.05, 3.63) is 56.3 Å². The molecule has 1 aromatic carbocycles. The van der Waals surface area contributed by atoms with Gasteiger partial charge in [-0.25, -0.2) is 14.9 Å². The predicted octanol–water partition coefficient (Wildman–Crippen LogP) is 4.10. The maximum atomic E-state index is 14.7. The Morgan fingerprint density at radius 2 is 2.18 bits per heavy atom. The van der Waals surface area contributed by atoms with E-state index in [2.05, 4.69) is 15.4 Å². The summed E-state index contributed by atoms with van der Waals surface area (Å²) < 4.78 is 19.7. The minimum atomic E-state index is -0.739. The number of halogens is 3. The Hall–Kier alpha value is -2.46. The smallest absolute Gasteiger partial charge is 0.295 e. The van der Waals surface area contributed by atoms with E-state index in [0.29, 0.717) is 0 Å². The van der Waals surface area contributed by atoms with Crippen molar-refractivity contribution in [2.24, 2.45) is 0 Å². The van der Waals surface area contributed by atoms with Crippen LogP contribution in [-0.2, 0) is 11.4 Å². The lowest BCUT2D eigenvalue weighted by Gasteiger charge is -2.12. The van der Waals surface area contributed by atoms with E-state index in [1.54, 1.807) is 11.7 Å².